The van der Waals surface area contributed by atoms with E-state index in [2.05, 4.69) is 20.4 Å². The van der Waals surface area contributed by atoms with Gasteiger partial charge in [0.2, 0.25) is 0 Å². The van der Waals surface area contributed by atoms with Gasteiger partial charge in [-0.3, -0.25) is 18.7 Å². The molecule has 28 heavy (non-hydrogen) atoms. The molecule has 0 aliphatic heterocycles. The molecule has 0 radical (unpaired) electrons. The average Bonchev–Trinajstić information content (AvgIpc) is 3.25. The monoisotopic (exact) mass is 377 g/mol. The Morgan fingerprint density at radius 2 is 1.89 bits per heavy atom. The number of rotatable bonds is 3. The first-order chi connectivity index (χ1) is 13.5. The number of carbonyl (C=O) groups excluding carboxylic acids is 1. The van der Waals surface area contributed by atoms with Gasteiger partial charge in [0, 0.05) is 26.5 Å². The van der Waals surface area contributed by atoms with Crippen LogP contribution in [0.5, 0.6) is 0 Å². The molecule has 10 nitrogen and oxygen atoms in total. The van der Waals surface area contributed by atoms with Crippen LogP contribution in [0.4, 0.5) is 5.69 Å². The van der Waals surface area contributed by atoms with Gasteiger partial charge in [0.25, 0.3) is 11.5 Å². The van der Waals surface area contributed by atoms with Gasteiger partial charge in [0.1, 0.15) is 11.3 Å². The van der Waals surface area contributed by atoms with E-state index >= 15 is 0 Å². The Bertz CT molecular complexity index is 1300. The highest BCUT2D eigenvalue weighted by molar-refractivity contribution is 6.03. The van der Waals surface area contributed by atoms with Crippen LogP contribution >= 0.6 is 0 Å². The fraction of sp³-hybridized carbons (Fsp3) is 0.111. The zero-order valence-corrected chi connectivity index (χ0v) is 15.0. The van der Waals surface area contributed by atoms with E-state index in [-0.39, 0.29) is 16.7 Å². The van der Waals surface area contributed by atoms with Crippen molar-refractivity contribution in [2.75, 3.05) is 5.32 Å². The standard InChI is InChI=1S/C18H15N7O3/c1-23-15-12(17(27)24(2)18(23)28)5-6-13(22-15)16(26)21-11-4-7-14(19-10-11)25-9-3-8-20-25/h3-10H,1-2H3,(H,21,26). The van der Waals surface area contributed by atoms with E-state index in [1.165, 1.54) is 37.0 Å². The molecule has 0 spiro atoms. The minimum atomic E-state index is -0.513. The second-order valence-corrected chi connectivity index (χ2v) is 6.08. The van der Waals surface area contributed by atoms with Gasteiger partial charge >= 0.3 is 5.69 Å². The van der Waals surface area contributed by atoms with Crippen molar-refractivity contribution in [3.63, 3.8) is 0 Å². The highest BCUT2D eigenvalue weighted by atomic mass is 16.2. The van der Waals surface area contributed by atoms with E-state index in [1.807, 2.05) is 0 Å². The van der Waals surface area contributed by atoms with Crippen LogP contribution in [-0.2, 0) is 14.1 Å². The molecule has 10 heteroatoms. The maximum atomic E-state index is 12.5. The van der Waals surface area contributed by atoms with Crippen molar-refractivity contribution in [2.45, 2.75) is 0 Å². The molecule has 0 saturated carbocycles. The summed E-state index contributed by atoms with van der Waals surface area (Å²) in [6.45, 7) is 0. The third kappa shape index (κ3) is 2.86. The normalized spacial score (nSPS) is 10.9. The second kappa shape index (κ2) is 6.58. The summed E-state index contributed by atoms with van der Waals surface area (Å²) >= 11 is 0. The number of anilines is 1. The van der Waals surface area contributed by atoms with Crippen LogP contribution in [0.3, 0.4) is 0 Å². The zero-order chi connectivity index (χ0) is 19.8. The minimum Gasteiger partial charge on any atom is -0.319 e. The van der Waals surface area contributed by atoms with E-state index in [4.69, 9.17) is 0 Å². The van der Waals surface area contributed by atoms with Gasteiger partial charge in [-0.1, -0.05) is 0 Å². The van der Waals surface area contributed by atoms with Crippen molar-refractivity contribution in [3.8, 4) is 5.82 Å². The molecule has 0 aromatic carbocycles. The second-order valence-electron chi connectivity index (χ2n) is 6.08. The van der Waals surface area contributed by atoms with Crippen molar-refractivity contribution in [1.29, 1.82) is 0 Å². The predicted molar refractivity (Wildman–Crippen MR) is 102 cm³/mol. The van der Waals surface area contributed by atoms with Crippen LogP contribution < -0.4 is 16.6 Å². The summed E-state index contributed by atoms with van der Waals surface area (Å²) in [5.41, 5.74) is -0.280. The third-order valence-electron chi connectivity index (χ3n) is 4.28. The molecule has 140 valence electrons. The van der Waals surface area contributed by atoms with Crippen molar-refractivity contribution in [2.24, 2.45) is 14.1 Å². The highest BCUT2D eigenvalue weighted by Crippen LogP contribution is 2.12. The van der Waals surface area contributed by atoms with Crippen LogP contribution in [0.1, 0.15) is 10.5 Å². The molecule has 4 heterocycles. The van der Waals surface area contributed by atoms with Crippen molar-refractivity contribution >= 4 is 22.6 Å². The summed E-state index contributed by atoms with van der Waals surface area (Å²) in [6, 6.07) is 8.11. The van der Waals surface area contributed by atoms with E-state index < -0.39 is 17.2 Å². The van der Waals surface area contributed by atoms with Crippen molar-refractivity contribution in [3.05, 3.63) is 75.5 Å². The molecule has 0 saturated heterocycles. The number of amides is 1. The van der Waals surface area contributed by atoms with Gasteiger partial charge in [-0.2, -0.15) is 5.10 Å². The molecular formula is C18H15N7O3. The summed E-state index contributed by atoms with van der Waals surface area (Å²) in [4.78, 5) is 45.2. The summed E-state index contributed by atoms with van der Waals surface area (Å²) in [5, 5.41) is 7.03. The van der Waals surface area contributed by atoms with E-state index in [0.717, 1.165) is 4.57 Å². The van der Waals surface area contributed by atoms with Crippen LogP contribution in [0.2, 0.25) is 0 Å². The van der Waals surface area contributed by atoms with Gasteiger partial charge in [-0.05, 0) is 30.3 Å². The highest BCUT2D eigenvalue weighted by Gasteiger charge is 2.14. The quantitative estimate of drug-likeness (QED) is 0.555. The Balaban J connectivity index is 1.64. The van der Waals surface area contributed by atoms with Gasteiger partial charge in [-0.15, -0.1) is 0 Å². The number of nitrogens with zero attached hydrogens (tertiary/aromatic N) is 6. The molecule has 1 N–H and O–H groups in total. The average molecular weight is 377 g/mol. The van der Waals surface area contributed by atoms with Crippen LogP contribution in [0.25, 0.3) is 16.9 Å². The Kier molecular flexibility index (Phi) is 4.07. The zero-order valence-electron chi connectivity index (χ0n) is 15.0. The first-order valence-electron chi connectivity index (χ1n) is 8.30. The number of nitrogens with one attached hydrogen (secondary N) is 1. The summed E-state index contributed by atoms with van der Waals surface area (Å²) in [5.74, 6) is 0.126. The predicted octanol–water partition coefficient (Wildman–Crippen LogP) is 0.465. The Morgan fingerprint density at radius 1 is 1.07 bits per heavy atom. The topological polar surface area (TPSA) is 117 Å². The summed E-state index contributed by atoms with van der Waals surface area (Å²) in [6.07, 6.45) is 4.90. The molecule has 4 aromatic rings. The molecular weight excluding hydrogens is 362 g/mol. The summed E-state index contributed by atoms with van der Waals surface area (Å²) in [7, 11) is 2.89. The smallest absolute Gasteiger partial charge is 0.319 e. The SMILES string of the molecule is Cn1c(=O)c2ccc(C(=O)Nc3ccc(-n4cccn4)nc3)nc2n(C)c1=O. The Labute approximate surface area is 157 Å². The van der Waals surface area contributed by atoms with Gasteiger partial charge in [0.05, 0.1) is 17.3 Å². The Morgan fingerprint density at radius 3 is 2.57 bits per heavy atom. The first-order valence-corrected chi connectivity index (χ1v) is 8.30. The molecule has 4 rings (SSSR count). The largest absolute Gasteiger partial charge is 0.332 e. The molecule has 0 atom stereocenters. The van der Waals surface area contributed by atoms with E-state index in [1.54, 1.807) is 35.3 Å². The number of fused-ring (bicyclic) bond motifs is 1. The van der Waals surface area contributed by atoms with Gasteiger partial charge in [-0.25, -0.2) is 19.4 Å². The molecule has 0 bridgehead atoms. The van der Waals surface area contributed by atoms with Crippen LogP contribution in [-0.4, -0.2) is 34.8 Å². The number of carbonyl (C=O) groups is 1. The third-order valence-corrected chi connectivity index (χ3v) is 4.28. The number of aryl methyl sites for hydroxylation is 1. The van der Waals surface area contributed by atoms with Gasteiger partial charge < -0.3 is 5.32 Å². The van der Waals surface area contributed by atoms with Gasteiger partial charge in [0.15, 0.2) is 5.82 Å². The molecule has 1 amide bonds. The lowest BCUT2D eigenvalue weighted by molar-refractivity contribution is 0.102. The molecule has 0 aliphatic carbocycles. The maximum absolute atomic E-state index is 12.5. The minimum absolute atomic E-state index is 0.0758. The Hall–Kier alpha value is -4.08. The lowest BCUT2D eigenvalue weighted by Crippen LogP contribution is -2.37. The molecule has 0 unspecified atom stereocenters. The maximum Gasteiger partial charge on any atom is 0.332 e. The van der Waals surface area contributed by atoms with Crippen molar-refractivity contribution < 1.29 is 4.79 Å². The van der Waals surface area contributed by atoms with Crippen LogP contribution in [0, 0.1) is 0 Å². The molecule has 0 fully saturated rings. The van der Waals surface area contributed by atoms with Crippen LogP contribution in [0.15, 0.2) is 58.5 Å². The van der Waals surface area contributed by atoms with E-state index in [0.29, 0.717) is 11.5 Å². The van der Waals surface area contributed by atoms with E-state index in [9.17, 15) is 14.4 Å². The van der Waals surface area contributed by atoms with Crippen molar-refractivity contribution in [1.82, 2.24) is 28.9 Å². The fourth-order valence-corrected chi connectivity index (χ4v) is 2.78. The first kappa shape index (κ1) is 17.3. The summed E-state index contributed by atoms with van der Waals surface area (Å²) < 4.78 is 3.82. The molecule has 4 aromatic heterocycles. The molecule has 0 aliphatic rings. The fourth-order valence-electron chi connectivity index (χ4n) is 2.78. The number of hydrogen-bond acceptors (Lipinski definition) is 6. The number of aromatic nitrogens is 6. The lowest BCUT2D eigenvalue weighted by atomic mass is 10.2. The lowest BCUT2D eigenvalue weighted by Gasteiger charge is -2.09. The number of pyridine rings is 2. The number of hydrogen-bond donors (Lipinski definition) is 1.